The third kappa shape index (κ3) is 10.1. The fourth-order valence-corrected chi connectivity index (χ4v) is 3.51. The van der Waals surface area contributed by atoms with Gasteiger partial charge in [0.1, 0.15) is 6.04 Å². The number of urea groups is 1. The Bertz CT molecular complexity index is 603. The van der Waals surface area contributed by atoms with Crippen LogP contribution in [0.5, 0.6) is 0 Å². The highest BCUT2D eigenvalue weighted by molar-refractivity contribution is 6.38. The molecule has 178 valence electrons. The van der Waals surface area contributed by atoms with Crippen LogP contribution in [-0.2, 0) is 14.4 Å². The van der Waals surface area contributed by atoms with Gasteiger partial charge in [0.05, 0.1) is 6.04 Å². The maximum Gasteiger partial charge on any atom is 0.318 e. The zero-order chi connectivity index (χ0) is 23.4. The summed E-state index contributed by atoms with van der Waals surface area (Å²) in [6, 6.07) is -1.92. The van der Waals surface area contributed by atoms with Crippen molar-refractivity contribution in [3.63, 3.8) is 0 Å². The van der Waals surface area contributed by atoms with Crippen molar-refractivity contribution in [1.82, 2.24) is 25.8 Å². The number of hydrogen-bond donors (Lipinski definition) is 3. The molecule has 1 rings (SSSR count). The Morgan fingerprint density at radius 3 is 2.16 bits per heavy atom. The van der Waals surface area contributed by atoms with Gasteiger partial charge in [0.2, 0.25) is 11.7 Å². The van der Waals surface area contributed by atoms with E-state index in [9.17, 15) is 19.2 Å². The van der Waals surface area contributed by atoms with Gasteiger partial charge in [-0.25, -0.2) is 4.79 Å². The van der Waals surface area contributed by atoms with E-state index >= 15 is 0 Å². The average Bonchev–Trinajstić information content (AvgIpc) is 2.73. The van der Waals surface area contributed by atoms with E-state index in [4.69, 9.17) is 0 Å². The lowest BCUT2D eigenvalue weighted by Crippen LogP contribution is -2.56. The maximum absolute atomic E-state index is 12.9. The molecule has 0 aliphatic carbocycles. The van der Waals surface area contributed by atoms with Crippen molar-refractivity contribution in [2.75, 3.05) is 40.3 Å². The third-order valence-electron chi connectivity index (χ3n) is 5.30. The second-order valence-corrected chi connectivity index (χ2v) is 8.93. The normalized spacial score (nSPS) is 16.0. The highest BCUT2D eigenvalue weighted by atomic mass is 16.2. The molecule has 0 spiro atoms. The van der Waals surface area contributed by atoms with Gasteiger partial charge in [0, 0.05) is 19.6 Å². The summed E-state index contributed by atoms with van der Waals surface area (Å²) in [5.74, 6) is -1.61. The van der Waals surface area contributed by atoms with Crippen LogP contribution in [0.2, 0.25) is 0 Å². The molecule has 1 aliphatic heterocycles. The minimum absolute atomic E-state index is 0.174. The molecule has 4 amide bonds. The number of rotatable bonds is 12. The number of hydrogen-bond acceptors (Lipinski definition) is 5. The van der Waals surface area contributed by atoms with Gasteiger partial charge in [-0.15, -0.1) is 0 Å². The number of likely N-dealkylation sites (tertiary alicyclic amines) is 1. The van der Waals surface area contributed by atoms with E-state index in [0.717, 1.165) is 32.2 Å². The number of amides is 4. The van der Waals surface area contributed by atoms with Gasteiger partial charge >= 0.3 is 6.03 Å². The van der Waals surface area contributed by atoms with Crippen molar-refractivity contribution in [2.45, 2.75) is 71.4 Å². The molecule has 0 bridgehead atoms. The number of ketones is 1. The van der Waals surface area contributed by atoms with Gasteiger partial charge in [0.25, 0.3) is 5.91 Å². The molecule has 31 heavy (non-hydrogen) atoms. The first kappa shape index (κ1) is 26.9. The minimum atomic E-state index is -0.914. The van der Waals surface area contributed by atoms with Crippen molar-refractivity contribution in [3.05, 3.63) is 0 Å². The van der Waals surface area contributed by atoms with Crippen molar-refractivity contribution >= 4 is 23.6 Å². The van der Waals surface area contributed by atoms with Gasteiger partial charge in [-0.3, -0.25) is 14.4 Å². The van der Waals surface area contributed by atoms with Crippen LogP contribution < -0.4 is 16.0 Å². The number of nitrogens with zero attached hydrogens (tertiary/aromatic N) is 2. The summed E-state index contributed by atoms with van der Waals surface area (Å²) in [7, 11) is 3.88. The zero-order valence-electron chi connectivity index (χ0n) is 19.8. The summed E-state index contributed by atoms with van der Waals surface area (Å²) in [6.45, 7) is 8.25. The van der Waals surface area contributed by atoms with E-state index in [1.54, 1.807) is 11.8 Å². The van der Waals surface area contributed by atoms with Gasteiger partial charge < -0.3 is 25.8 Å². The molecule has 0 unspecified atom stereocenters. The van der Waals surface area contributed by atoms with E-state index in [0.29, 0.717) is 32.5 Å². The van der Waals surface area contributed by atoms with E-state index < -0.39 is 29.7 Å². The van der Waals surface area contributed by atoms with Crippen LogP contribution in [0.15, 0.2) is 0 Å². The summed E-state index contributed by atoms with van der Waals surface area (Å²) in [6.07, 6.45) is 4.51. The maximum atomic E-state index is 12.9. The Balaban J connectivity index is 2.67. The predicted octanol–water partition coefficient (Wildman–Crippen LogP) is 1.13. The van der Waals surface area contributed by atoms with Gasteiger partial charge in [-0.1, -0.05) is 20.8 Å². The smallest absolute Gasteiger partial charge is 0.318 e. The fourth-order valence-electron chi connectivity index (χ4n) is 3.51. The first-order chi connectivity index (χ1) is 14.6. The Labute approximate surface area is 186 Å². The molecule has 9 nitrogen and oxygen atoms in total. The molecule has 0 aromatic heterocycles. The lowest BCUT2D eigenvalue weighted by Gasteiger charge is -2.30. The largest absolute Gasteiger partial charge is 0.349 e. The average molecular weight is 440 g/mol. The summed E-state index contributed by atoms with van der Waals surface area (Å²) < 4.78 is 0. The quantitative estimate of drug-likeness (QED) is 0.312. The highest BCUT2D eigenvalue weighted by Gasteiger charge is 2.30. The summed E-state index contributed by atoms with van der Waals surface area (Å²) in [5.41, 5.74) is 0. The van der Waals surface area contributed by atoms with Crippen molar-refractivity contribution in [1.29, 1.82) is 0 Å². The van der Waals surface area contributed by atoms with Crippen LogP contribution in [0.4, 0.5) is 4.79 Å². The highest BCUT2D eigenvalue weighted by Crippen LogP contribution is 2.11. The number of Topliss-reactive ketones (excluding diaryl/α,β-unsaturated/α-hetero) is 1. The number of piperidine rings is 1. The van der Waals surface area contributed by atoms with Crippen LogP contribution in [0.3, 0.4) is 0 Å². The molecule has 0 aromatic rings. The minimum Gasteiger partial charge on any atom is -0.349 e. The Kier molecular flexibility index (Phi) is 12.1. The lowest BCUT2D eigenvalue weighted by molar-refractivity contribution is -0.140. The van der Waals surface area contributed by atoms with Crippen LogP contribution in [0.1, 0.15) is 59.3 Å². The molecule has 0 saturated carbocycles. The van der Waals surface area contributed by atoms with Crippen LogP contribution in [0.25, 0.3) is 0 Å². The third-order valence-corrected chi connectivity index (χ3v) is 5.30. The summed E-state index contributed by atoms with van der Waals surface area (Å²) in [4.78, 5) is 53.9. The van der Waals surface area contributed by atoms with Crippen LogP contribution in [-0.4, -0.2) is 85.8 Å². The molecular weight excluding hydrogens is 398 g/mol. The first-order valence-electron chi connectivity index (χ1n) is 11.5. The van der Waals surface area contributed by atoms with Gasteiger partial charge in [0.15, 0.2) is 0 Å². The Morgan fingerprint density at radius 2 is 1.61 bits per heavy atom. The van der Waals surface area contributed by atoms with E-state index in [1.807, 2.05) is 32.8 Å². The van der Waals surface area contributed by atoms with Crippen molar-refractivity contribution in [3.8, 4) is 0 Å². The second kappa shape index (κ2) is 14.0. The van der Waals surface area contributed by atoms with Gasteiger partial charge in [-0.05, 0) is 65.1 Å². The van der Waals surface area contributed by atoms with Crippen LogP contribution >= 0.6 is 0 Å². The van der Waals surface area contributed by atoms with E-state index in [2.05, 4.69) is 16.0 Å². The van der Waals surface area contributed by atoms with Crippen molar-refractivity contribution < 1.29 is 19.2 Å². The topological polar surface area (TPSA) is 111 Å². The fraction of sp³-hybridized carbons (Fsp3) is 0.818. The Hall–Kier alpha value is -2.16. The molecule has 1 heterocycles. The zero-order valence-corrected chi connectivity index (χ0v) is 19.8. The monoisotopic (exact) mass is 439 g/mol. The molecule has 9 heteroatoms. The number of nitrogens with one attached hydrogen (secondary N) is 3. The summed E-state index contributed by atoms with van der Waals surface area (Å²) >= 11 is 0. The first-order valence-corrected chi connectivity index (χ1v) is 11.5. The molecule has 3 N–H and O–H groups in total. The molecular formula is C22H41N5O4. The number of carbonyl (C=O) groups is 4. The Morgan fingerprint density at radius 1 is 0.968 bits per heavy atom. The lowest BCUT2D eigenvalue weighted by atomic mass is 10.0. The van der Waals surface area contributed by atoms with Gasteiger partial charge in [-0.2, -0.15) is 0 Å². The molecule has 1 saturated heterocycles. The molecule has 2 atom stereocenters. The number of carbonyl (C=O) groups excluding carboxylic acids is 4. The predicted molar refractivity (Wildman–Crippen MR) is 121 cm³/mol. The van der Waals surface area contributed by atoms with E-state index in [1.165, 1.54) is 0 Å². The molecule has 0 aromatic carbocycles. The standard InChI is InChI=1S/C22H41N5O4/c1-6-17(19(28)21(30)23-11-10-12-26(4)5)24-20(29)18(15-16(2)3)25-22(31)27-13-8-7-9-14-27/h16-18H,6-15H2,1-5H3,(H,23,30)(H,24,29)(H,25,31)/t17-,18-/m0/s1. The second-order valence-electron chi connectivity index (χ2n) is 8.93. The SMILES string of the molecule is CC[C@H](NC(=O)[C@H](CC(C)C)NC(=O)N1CCCCC1)C(=O)C(=O)NCCCN(C)C. The molecule has 1 aliphatic rings. The van der Waals surface area contributed by atoms with Crippen LogP contribution in [0, 0.1) is 5.92 Å². The molecule has 0 radical (unpaired) electrons. The summed E-state index contributed by atoms with van der Waals surface area (Å²) in [5, 5.41) is 8.12. The van der Waals surface area contributed by atoms with Crippen molar-refractivity contribution in [2.24, 2.45) is 5.92 Å². The van der Waals surface area contributed by atoms with E-state index in [-0.39, 0.29) is 11.9 Å². The molecule has 1 fully saturated rings.